The van der Waals surface area contributed by atoms with Crippen LogP contribution in [-0.2, 0) is 6.54 Å². The Morgan fingerprint density at radius 2 is 1.79 bits per heavy atom. The van der Waals surface area contributed by atoms with Crippen LogP contribution in [0.25, 0.3) is 0 Å². The lowest BCUT2D eigenvalue weighted by Crippen LogP contribution is -2.30. The Morgan fingerprint density at radius 1 is 1.03 bits per heavy atom. The molecule has 0 spiro atoms. The zero-order valence-corrected chi connectivity index (χ0v) is 17.5. The first-order valence-electron chi connectivity index (χ1n) is 10.5. The summed E-state index contributed by atoms with van der Waals surface area (Å²) in [5.41, 5.74) is 9.40. The highest BCUT2D eigenvalue weighted by Crippen LogP contribution is 2.29. The van der Waals surface area contributed by atoms with Gasteiger partial charge >= 0.3 is 0 Å². The van der Waals surface area contributed by atoms with Crippen LogP contribution in [0.3, 0.4) is 0 Å². The van der Waals surface area contributed by atoms with Crippen LogP contribution in [0.2, 0.25) is 0 Å². The van der Waals surface area contributed by atoms with E-state index in [2.05, 4.69) is 39.5 Å². The standard InChI is InChI=1S/C23H32N4O2/c1-3-28-19-12-13-22(29-4-2)20(16-19)26-23(24)25-17-18-10-6-7-11-21(18)27-14-8-5-9-15-27/h6-7,10-13,16H,3-5,8-9,14-15,17H2,1-2H3,(H3,24,25,26). The predicted molar refractivity (Wildman–Crippen MR) is 120 cm³/mol. The van der Waals surface area contributed by atoms with Gasteiger partial charge in [-0.3, -0.25) is 0 Å². The first-order valence-corrected chi connectivity index (χ1v) is 10.5. The number of piperidine rings is 1. The number of aliphatic imine (C=N–C) groups is 1. The van der Waals surface area contributed by atoms with Gasteiger partial charge in [-0.15, -0.1) is 0 Å². The number of guanidine groups is 1. The molecule has 2 aromatic rings. The molecule has 1 aliphatic rings. The number of anilines is 2. The predicted octanol–water partition coefficient (Wildman–Crippen LogP) is 4.40. The van der Waals surface area contributed by atoms with Crippen molar-refractivity contribution in [2.24, 2.45) is 10.7 Å². The molecule has 3 N–H and O–H groups in total. The molecule has 1 aliphatic heterocycles. The number of nitrogens with zero attached hydrogens (tertiary/aromatic N) is 2. The van der Waals surface area contributed by atoms with Gasteiger partial charge in [-0.2, -0.15) is 0 Å². The summed E-state index contributed by atoms with van der Waals surface area (Å²) in [5.74, 6) is 1.84. The van der Waals surface area contributed by atoms with Gasteiger partial charge in [0, 0.05) is 24.8 Å². The first kappa shape index (κ1) is 20.8. The monoisotopic (exact) mass is 396 g/mol. The molecule has 1 heterocycles. The molecule has 6 nitrogen and oxygen atoms in total. The number of nitrogens with one attached hydrogen (secondary N) is 1. The Bertz CT molecular complexity index is 816. The van der Waals surface area contributed by atoms with Crippen molar-refractivity contribution in [3.63, 3.8) is 0 Å². The van der Waals surface area contributed by atoms with Crippen molar-refractivity contribution in [1.29, 1.82) is 0 Å². The number of hydrogen-bond acceptors (Lipinski definition) is 4. The van der Waals surface area contributed by atoms with Gasteiger partial charge in [-0.05, 0) is 56.9 Å². The average molecular weight is 397 g/mol. The molecule has 0 amide bonds. The van der Waals surface area contributed by atoms with Crippen LogP contribution in [0.15, 0.2) is 47.5 Å². The van der Waals surface area contributed by atoms with Gasteiger partial charge < -0.3 is 25.4 Å². The molecule has 3 rings (SSSR count). The van der Waals surface area contributed by atoms with Gasteiger partial charge in [0.1, 0.15) is 11.5 Å². The maximum absolute atomic E-state index is 6.20. The molecular formula is C23H32N4O2. The second-order valence-electron chi connectivity index (χ2n) is 7.03. The van der Waals surface area contributed by atoms with E-state index in [1.165, 1.54) is 30.5 Å². The van der Waals surface area contributed by atoms with Gasteiger partial charge in [0.05, 0.1) is 25.4 Å². The zero-order chi connectivity index (χ0) is 20.5. The molecule has 156 valence electrons. The number of benzene rings is 2. The molecule has 1 fully saturated rings. The fourth-order valence-electron chi connectivity index (χ4n) is 3.58. The summed E-state index contributed by atoms with van der Waals surface area (Å²) in [6.07, 6.45) is 3.81. The fraction of sp³-hybridized carbons (Fsp3) is 0.435. The topological polar surface area (TPSA) is 72.1 Å². The van der Waals surface area contributed by atoms with Crippen molar-refractivity contribution in [2.75, 3.05) is 36.5 Å². The van der Waals surface area contributed by atoms with Crippen LogP contribution in [0, 0.1) is 0 Å². The molecule has 0 unspecified atom stereocenters. The molecular weight excluding hydrogens is 364 g/mol. The van der Waals surface area contributed by atoms with Gasteiger partial charge in [-0.25, -0.2) is 4.99 Å². The van der Waals surface area contributed by atoms with Gasteiger partial charge in [0.15, 0.2) is 5.96 Å². The molecule has 1 saturated heterocycles. The number of hydrogen-bond donors (Lipinski definition) is 2. The lowest BCUT2D eigenvalue weighted by atomic mass is 10.1. The normalized spacial score (nSPS) is 14.6. The van der Waals surface area contributed by atoms with E-state index >= 15 is 0 Å². The van der Waals surface area contributed by atoms with Crippen molar-refractivity contribution in [2.45, 2.75) is 39.7 Å². The molecule has 0 radical (unpaired) electrons. The van der Waals surface area contributed by atoms with Crippen LogP contribution in [0.4, 0.5) is 11.4 Å². The average Bonchev–Trinajstić information content (AvgIpc) is 2.75. The highest BCUT2D eigenvalue weighted by molar-refractivity contribution is 5.94. The Hall–Kier alpha value is -2.89. The second-order valence-corrected chi connectivity index (χ2v) is 7.03. The van der Waals surface area contributed by atoms with Crippen molar-refractivity contribution in [3.8, 4) is 11.5 Å². The Balaban J connectivity index is 1.73. The van der Waals surface area contributed by atoms with Crippen molar-refractivity contribution >= 4 is 17.3 Å². The summed E-state index contributed by atoms with van der Waals surface area (Å²) >= 11 is 0. The molecule has 0 saturated carbocycles. The summed E-state index contributed by atoms with van der Waals surface area (Å²) in [6.45, 7) is 7.83. The van der Waals surface area contributed by atoms with E-state index in [9.17, 15) is 0 Å². The van der Waals surface area contributed by atoms with E-state index in [4.69, 9.17) is 15.2 Å². The Labute approximate surface area is 173 Å². The number of ether oxygens (including phenoxy) is 2. The Kier molecular flexibility index (Phi) is 7.61. The minimum Gasteiger partial charge on any atom is -0.494 e. The van der Waals surface area contributed by atoms with E-state index in [-0.39, 0.29) is 0 Å². The molecule has 29 heavy (non-hydrogen) atoms. The summed E-state index contributed by atoms with van der Waals surface area (Å²) in [4.78, 5) is 7.04. The van der Waals surface area contributed by atoms with Crippen molar-refractivity contribution < 1.29 is 9.47 Å². The highest BCUT2D eigenvalue weighted by Gasteiger charge is 2.14. The van der Waals surface area contributed by atoms with E-state index < -0.39 is 0 Å². The molecule has 6 heteroatoms. The van der Waals surface area contributed by atoms with Crippen LogP contribution in [0.5, 0.6) is 11.5 Å². The quantitative estimate of drug-likeness (QED) is 0.511. The minimum atomic E-state index is 0.355. The first-order chi connectivity index (χ1) is 14.2. The largest absolute Gasteiger partial charge is 0.494 e. The third-order valence-corrected chi connectivity index (χ3v) is 4.93. The van der Waals surface area contributed by atoms with E-state index in [0.717, 1.165) is 30.3 Å². The molecule has 0 atom stereocenters. The van der Waals surface area contributed by atoms with Crippen LogP contribution >= 0.6 is 0 Å². The van der Waals surface area contributed by atoms with Gasteiger partial charge in [-0.1, -0.05) is 18.2 Å². The Morgan fingerprint density at radius 3 is 2.55 bits per heavy atom. The zero-order valence-electron chi connectivity index (χ0n) is 17.5. The minimum absolute atomic E-state index is 0.355. The molecule has 0 aliphatic carbocycles. The molecule has 0 aromatic heterocycles. The van der Waals surface area contributed by atoms with Crippen molar-refractivity contribution in [3.05, 3.63) is 48.0 Å². The summed E-state index contributed by atoms with van der Waals surface area (Å²) < 4.78 is 11.3. The van der Waals surface area contributed by atoms with Crippen LogP contribution < -0.4 is 25.4 Å². The van der Waals surface area contributed by atoms with E-state index in [1.807, 2.05) is 32.0 Å². The van der Waals surface area contributed by atoms with Crippen LogP contribution in [0.1, 0.15) is 38.7 Å². The fourth-order valence-corrected chi connectivity index (χ4v) is 3.58. The smallest absolute Gasteiger partial charge is 0.193 e. The van der Waals surface area contributed by atoms with Gasteiger partial charge in [0.25, 0.3) is 0 Å². The molecule has 0 bridgehead atoms. The summed E-state index contributed by atoms with van der Waals surface area (Å²) in [6, 6.07) is 14.1. The summed E-state index contributed by atoms with van der Waals surface area (Å²) in [5, 5.41) is 3.17. The van der Waals surface area contributed by atoms with E-state index in [0.29, 0.717) is 25.7 Å². The lowest BCUT2D eigenvalue weighted by molar-refractivity contribution is 0.332. The lowest BCUT2D eigenvalue weighted by Gasteiger charge is -2.30. The molecule has 2 aromatic carbocycles. The maximum Gasteiger partial charge on any atom is 0.193 e. The third kappa shape index (κ3) is 5.79. The third-order valence-electron chi connectivity index (χ3n) is 4.93. The SMILES string of the molecule is CCOc1ccc(OCC)c(NC(N)=NCc2ccccc2N2CCCCC2)c1. The second kappa shape index (κ2) is 10.6. The van der Waals surface area contributed by atoms with Crippen LogP contribution in [-0.4, -0.2) is 32.3 Å². The highest BCUT2D eigenvalue weighted by atomic mass is 16.5. The van der Waals surface area contributed by atoms with E-state index in [1.54, 1.807) is 0 Å². The van der Waals surface area contributed by atoms with Gasteiger partial charge in [0.2, 0.25) is 0 Å². The summed E-state index contributed by atoms with van der Waals surface area (Å²) in [7, 11) is 0. The number of rotatable bonds is 8. The number of para-hydroxylation sites is 1. The maximum atomic E-state index is 6.20. The van der Waals surface area contributed by atoms with Crippen molar-refractivity contribution in [1.82, 2.24) is 0 Å². The number of nitrogens with two attached hydrogens (primary N) is 1.